The number of carboxylic acid groups (broad SMARTS) is 1. The molecule has 0 saturated heterocycles. The van der Waals surface area contributed by atoms with Gasteiger partial charge in [-0.2, -0.15) is 4.72 Å². The Bertz CT molecular complexity index is 684. The van der Waals surface area contributed by atoms with E-state index in [2.05, 4.69) is 0 Å². The van der Waals surface area contributed by atoms with Gasteiger partial charge in [0, 0.05) is 6.54 Å². The van der Waals surface area contributed by atoms with E-state index in [1.54, 1.807) is 6.07 Å². The van der Waals surface area contributed by atoms with Gasteiger partial charge in [0.1, 0.15) is 17.9 Å². The Morgan fingerprint density at radius 3 is 2.73 bits per heavy atom. The summed E-state index contributed by atoms with van der Waals surface area (Å²) in [6, 6.07) is 4.53. The highest BCUT2D eigenvalue weighted by atomic mass is 32.2. The molecule has 0 atom stereocenters. The van der Waals surface area contributed by atoms with Gasteiger partial charge in [-0.3, -0.25) is 4.79 Å². The molecule has 0 saturated carbocycles. The first-order chi connectivity index (χ1) is 10.1. The topological polar surface area (TPSA) is 95.9 Å². The van der Waals surface area contributed by atoms with E-state index < -0.39 is 22.5 Å². The number of fused-ring (bicyclic) bond motifs is 1. The second-order valence-corrected chi connectivity index (χ2v) is 7.49. The van der Waals surface area contributed by atoms with Crippen LogP contribution in [0.5, 0.6) is 5.75 Å². The summed E-state index contributed by atoms with van der Waals surface area (Å²) < 4.78 is 32.1. The number of benzene rings is 1. The summed E-state index contributed by atoms with van der Waals surface area (Å²) in [6.07, 6.45) is 0. The summed E-state index contributed by atoms with van der Waals surface area (Å²) in [5.74, 6) is -0.614. The first-order valence-corrected chi connectivity index (χ1v) is 8.42. The van der Waals surface area contributed by atoms with Crippen molar-refractivity contribution in [3.8, 4) is 5.75 Å². The average Bonchev–Trinajstić information content (AvgIpc) is 2.42. The Balaban J connectivity index is 2.37. The van der Waals surface area contributed by atoms with Crippen LogP contribution in [0.15, 0.2) is 23.1 Å². The van der Waals surface area contributed by atoms with Crippen LogP contribution in [0.2, 0.25) is 0 Å². The number of hydrogen-bond acceptors (Lipinski definition) is 5. The number of nitrogens with zero attached hydrogens (tertiary/aromatic N) is 1. The average molecular weight is 328 g/mol. The molecule has 8 heteroatoms. The molecule has 0 aliphatic carbocycles. The van der Waals surface area contributed by atoms with E-state index in [1.165, 1.54) is 12.1 Å². The van der Waals surface area contributed by atoms with Gasteiger partial charge < -0.3 is 14.7 Å². The second kappa shape index (κ2) is 5.77. The summed E-state index contributed by atoms with van der Waals surface area (Å²) in [5, 5.41) is 8.60. The lowest BCUT2D eigenvalue weighted by molar-refractivity contribution is -0.135. The van der Waals surface area contributed by atoms with Crippen LogP contribution >= 0.6 is 0 Å². The van der Waals surface area contributed by atoms with Gasteiger partial charge in [-0.15, -0.1) is 0 Å². The Hall–Kier alpha value is -1.80. The highest BCUT2D eigenvalue weighted by Crippen LogP contribution is 2.38. The van der Waals surface area contributed by atoms with Crippen LogP contribution in [-0.4, -0.2) is 44.7 Å². The number of aliphatic carboxylic acids is 1. The van der Waals surface area contributed by atoms with Crippen LogP contribution < -0.4 is 14.4 Å². The summed E-state index contributed by atoms with van der Waals surface area (Å²) in [4.78, 5) is 12.6. The molecule has 1 aromatic rings. The van der Waals surface area contributed by atoms with E-state index in [4.69, 9.17) is 9.84 Å². The molecule has 122 valence electrons. The van der Waals surface area contributed by atoms with Crippen molar-refractivity contribution < 1.29 is 23.1 Å². The second-order valence-electron chi connectivity index (χ2n) is 5.72. The number of carboxylic acids is 1. The molecule has 0 radical (unpaired) electrons. The molecule has 2 N–H and O–H groups in total. The molecule has 1 heterocycles. The standard InChI is InChI=1S/C14H20N2O5S/c1-4-16-9-14(2,3)21-12-6-5-10(7-11(12)16)22(19,20)15-8-13(17)18/h5-7,15H,4,8-9H2,1-3H3,(H,17,18). The largest absolute Gasteiger partial charge is 0.484 e. The van der Waals surface area contributed by atoms with Gasteiger partial charge in [0.15, 0.2) is 0 Å². The predicted octanol–water partition coefficient (Wildman–Crippen LogP) is 1.05. The number of rotatable bonds is 5. The maximum Gasteiger partial charge on any atom is 0.318 e. The van der Waals surface area contributed by atoms with Gasteiger partial charge in [-0.25, -0.2) is 8.42 Å². The summed E-state index contributed by atoms with van der Waals surface area (Å²) in [5.41, 5.74) is 0.338. The van der Waals surface area contributed by atoms with Gasteiger partial charge in [-0.1, -0.05) is 0 Å². The molecule has 1 aliphatic rings. The zero-order valence-corrected chi connectivity index (χ0v) is 13.6. The van der Waals surface area contributed by atoms with Crippen LogP contribution in [0.4, 0.5) is 5.69 Å². The summed E-state index contributed by atoms with van der Waals surface area (Å²) in [7, 11) is -3.86. The van der Waals surface area contributed by atoms with E-state index in [0.29, 0.717) is 24.5 Å². The number of carbonyl (C=O) groups is 1. The molecule has 1 aliphatic heterocycles. The van der Waals surface area contributed by atoms with Gasteiger partial charge in [-0.05, 0) is 39.0 Å². The highest BCUT2D eigenvalue weighted by molar-refractivity contribution is 7.89. The van der Waals surface area contributed by atoms with E-state index >= 15 is 0 Å². The number of sulfonamides is 1. The van der Waals surface area contributed by atoms with Crippen LogP contribution in [0, 0.1) is 0 Å². The third-order valence-electron chi connectivity index (χ3n) is 3.33. The van der Waals surface area contributed by atoms with Gasteiger partial charge >= 0.3 is 5.97 Å². The van der Waals surface area contributed by atoms with Crippen molar-refractivity contribution in [3.05, 3.63) is 18.2 Å². The van der Waals surface area contributed by atoms with E-state index in [1.807, 2.05) is 30.4 Å². The lowest BCUT2D eigenvalue weighted by atomic mass is 10.1. The molecule has 2 rings (SSSR count). The van der Waals surface area contributed by atoms with Crippen LogP contribution in [0.1, 0.15) is 20.8 Å². The van der Waals surface area contributed by atoms with E-state index in [9.17, 15) is 13.2 Å². The molecule has 7 nitrogen and oxygen atoms in total. The van der Waals surface area contributed by atoms with Crippen LogP contribution in [0.3, 0.4) is 0 Å². The highest BCUT2D eigenvalue weighted by Gasteiger charge is 2.32. The Morgan fingerprint density at radius 2 is 2.14 bits per heavy atom. The van der Waals surface area contributed by atoms with E-state index in [-0.39, 0.29) is 10.5 Å². The molecule has 0 bridgehead atoms. The van der Waals surface area contributed by atoms with Crippen molar-refractivity contribution in [2.24, 2.45) is 0 Å². The minimum atomic E-state index is -3.86. The Labute approximate surface area is 129 Å². The van der Waals surface area contributed by atoms with Crippen molar-refractivity contribution >= 4 is 21.7 Å². The molecule has 1 aromatic carbocycles. The lowest BCUT2D eigenvalue weighted by Crippen LogP contribution is -2.46. The molecule has 0 fully saturated rings. The fourth-order valence-electron chi connectivity index (χ4n) is 2.39. The fourth-order valence-corrected chi connectivity index (χ4v) is 3.39. The molecule has 0 unspecified atom stereocenters. The summed E-state index contributed by atoms with van der Waals surface area (Å²) in [6.45, 7) is 6.62. The zero-order valence-electron chi connectivity index (χ0n) is 12.8. The number of ether oxygens (including phenoxy) is 1. The SMILES string of the molecule is CCN1CC(C)(C)Oc2ccc(S(=O)(=O)NCC(=O)O)cc21. The van der Waals surface area contributed by atoms with Crippen LogP contribution in [0.25, 0.3) is 0 Å². The van der Waals surface area contributed by atoms with Gasteiger partial charge in [0.25, 0.3) is 0 Å². The quantitative estimate of drug-likeness (QED) is 0.839. The third kappa shape index (κ3) is 3.50. The monoisotopic (exact) mass is 328 g/mol. The van der Waals surface area contributed by atoms with Crippen molar-refractivity contribution in [2.45, 2.75) is 31.3 Å². The smallest absolute Gasteiger partial charge is 0.318 e. The van der Waals surface area contributed by atoms with Crippen molar-refractivity contribution in [1.29, 1.82) is 0 Å². The number of anilines is 1. The molecule has 0 aromatic heterocycles. The maximum absolute atomic E-state index is 12.1. The summed E-state index contributed by atoms with van der Waals surface area (Å²) >= 11 is 0. The minimum absolute atomic E-state index is 0.0225. The molecule has 0 spiro atoms. The Kier molecular flexibility index (Phi) is 4.35. The lowest BCUT2D eigenvalue weighted by Gasteiger charge is -2.40. The van der Waals surface area contributed by atoms with Crippen molar-refractivity contribution in [2.75, 3.05) is 24.5 Å². The molecule has 22 heavy (non-hydrogen) atoms. The van der Waals surface area contributed by atoms with E-state index in [0.717, 1.165) is 0 Å². The molecular formula is C14H20N2O5S. The molecular weight excluding hydrogens is 308 g/mol. The third-order valence-corrected chi connectivity index (χ3v) is 4.73. The number of hydrogen-bond donors (Lipinski definition) is 2. The van der Waals surface area contributed by atoms with Crippen molar-refractivity contribution in [1.82, 2.24) is 4.72 Å². The zero-order chi connectivity index (χ0) is 16.5. The van der Waals surface area contributed by atoms with Gasteiger partial charge in [0.05, 0.1) is 17.1 Å². The predicted molar refractivity (Wildman–Crippen MR) is 81.9 cm³/mol. The first-order valence-electron chi connectivity index (χ1n) is 6.94. The van der Waals surface area contributed by atoms with Gasteiger partial charge in [0.2, 0.25) is 10.0 Å². The maximum atomic E-state index is 12.1. The fraction of sp³-hybridized carbons (Fsp3) is 0.500. The van der Waals surface area contributed by atoms with Crippen molar-refractivity contribution in [3.63, 3.8) is 0 Å². The minimum Gasteiger partial charge on any atom is -0.484 e. The number of likely N-dealkylation sites (N-methyl/N-ethyl adjacent to an activating group) is 1. The molecule has 0 amide bonds. The normalized spacial score (nSPS) is 16.8. The Morgan fingerprint density at radius 1 is 1.45 bits per heavy atom. The first kappa shape index (κ1) is 16.6. The number of nitrogens with one attached hydrogen (secondary N) is 1. The van der Waals surface area contributed by atoms with Crippen LogP contribution in [-0.2, 0) is 14.8 Å².